The second kappa shape index (κ2) is 8.80. The number of nitrogens with zero attached hydrogens (tertiary/aromatic N) is 3. The first kappa shape index (κ1) is 24.1. The molecule has 33 heavy (non-hydrogen) atoms. The number of anilines is 1. The largest absolute Gasteiger partial charge is 0.416 e. The molecule has 11 heteroatoms. The summed E-state index contributed by atoms with van der Waals surface area (Å²) >= 11 is 0. The van der Waals surface area contributed by atoms with Crippen LogP contribution in [0.2, 0.25) is 0 Å². The van der Waals surface area contributed by atoms with Crippen LogP contribution in [0, 0.1) is 12.7 Å². The van der Waals surface area contributed by atoms with E-state index in [2.05, 4.69) is 10.3 Å². The fourth-order valence-corrected chi connectivity index (χ4v) is 3.58. The zero-order valence-electron chi connectivity index (χ0n) is 18.2. The lowest BCUT2D eigenvalue weighted by Gasteiger charge is -2.47. The van der Waals surface area contributed by atoms with Crippen LogP contribution >= 0.6 is 0 Å². The standard InChI is InChI=1S/C22H22F4N4O3/c1-13-8-17(23)19(27-9-13)29-11-18(32)30(21(3,20(29)33)12-28-14(2)31)10-15-4-6-16(7-5-15)22(24,25)26/h4-9H,10-12H2,1-3H3,(H,28,31). The van der Waals surface area contributed by atoms with Crippen LogP contribution in [0.5, 0.6) is 0 Å². The molecule has 0 aliphatic carbocycles. The van der Waals surface area contributed by atoms with Crippen LogP contribution in [0.3, 0.4) is 0 Å². The SMILES string of the molecule is CC(=O)NCC1(C)C(=O)N(c2ncc(C)cc2F)CC(=O)N1Cc1ccc(C(F)(F)F)cc1. The number of amides is 3. The maximum Gasteiger partial charge on any atom is 0.416 e. The highest BCUT2D eigenvalue weighted by atomic mass is 19.4. The van der Waals surface area contributed by atoms with E-state index < -0.39 is 47.4 Å². The number of alkyl halides is 3. The lowest BCUT2D eigenvalue weighted by atomic mass is 9.93. The number of benzene rings is 1. The Labute approximate surface area is 187 Å². The molecule has 1 fully saturated rings. The molecule has 0 spiro atoms. The number of nitrogens with one attached hydrogen (secondary N) is 1. The Bertz CT molecular complexity index is 1090. The van der Waals surface area contributed by atoms with Gasteiger partial charge >= 0.3 is 6.18 Å². The second-order valence-corrected chi connectivity index (χ2v) is 8.07. The highest BCUT2D eigenvalue weighted by molar-refractivity contribution is 6.08. The van der Waals surface area contributed by atoms with Crippen LogP contribution in [-0.2, 0) is 27.1 Å². The molecule has 1 aromatic carbocycles. The quantitative estimate of drug-likeness (QED) is 0.688. The number of carbonyl (C=O) groups is 3. The summed E-state index contributed by atoms with van der Waals surface area (Å²) in [5.74, 6) is -2.82. The third-order valence-corrected chi connectivity index (χ3v) is 5.41. The maximum atomic E-state index is 14.5. The van der Waals surface area contributed by atoms with Gasteiger partial charge in [-0.2, -0.15) is 13.2 Å². The molecule has 1 aliphatic heterocycles. The number of hydrogen-bond donors (Lipinski definition) is 1. The highest BCUT2D eigenvalue weighted by Crippen LogP contribution is 2.32. The van der Waals surface area contributed by atoms with E-state index in [0.717, 1.165) is 17.0 Å². The molecule has 1 aliphatic rings. The average molecular weight is 466 g/mol. The average Bonchev–Trinajstić information content (AvgIpc) is 2.73. The minimum Gasteiger partial charge on any atom is -0.353 e. The van der Waals surface area contributed by atoms with Gasteiger partial charge in [0.2, 0.25) is 11.8 Å². The summed E-state index contributed by atoms with van der Waals surface area (Å²) in [5, 5.41) is 2.50. The molecule has 3 amide bonds. The number of piperazine rings is 1. The minimum atomic E-state index is -4.51. The van der Waals surface area contributed by atoms with Gasteiger partial charge in [-0.05, 0) is 43.2 Å². The summed E-state index contributed by atoms with van der Waals surface area (Å²) in [6.45, 7) is 3.29. The molecule has 0 radical (unpaired) electrons. The van der Waals surface area contributed by atoms with E-state index in [-0.39, 0.29) is 18.9 Å². The monoisotopic (exact) mass is 466 g/mol. The molecule has 0 bridgehead atoms. The van der Waals surface area contributed by atoms with Crippen molar-refractivity contribution in [2.45, 2.75) is 39.0 Å². The first-order valence-corrected chi connectivity index (χ1v) is 9.98. The van der Waals surface area contributed by atoms with Gasteiger partial charge in [-0.25, -0.2) is 9.37 Å². The van der Waals surface area contributed by atoms with Gasteiger partial charge in [-0.1, -0.05) is 12.1 Å². The number of carbonyl (C=O) groups excluding carboxylic acids is 3. The molecular weight excluding hydrogens is 444 g/mol. The van der Waals surface area contributed by atoms with Crippen LogP contribution in [0.4, 0.5) is 23.4 Å². The Morgan fingerprint density at radius 2 is 1.85 bits per heavy atom. The predicted octanol–water partition coefficient (Wildman–Crippen LogP) is 2.82. The molecule has 1 N–H and O–H groups in total. The molecule has 2 aromatic rings. The van der Waals surface area contributed by atoms with Gasteiger partial charge < -0.3 is 10.2 Å². The fraction of sp³-hybridized carbons (Fsp3) is 0.364. The van der Waals surface area contributed by atoms with E-state index in [4.69, 9.17) is 0 Å². The fourth-order valence-electron chi connectivity index (χ4n) is 3.58. The maximum absolute atomic E-state index is 14.5. The lowest BCUT2D eigenvalue weighted by Crippen LogP contribution is -2.70. The smallest absolute Gasteiger partial charge is 0.353 e. The van der Waals surface area contributed by atoms with Gasteiger partial charge in [0.1, 0.15) is 12.1 Å². The minimum absolute atomic E-state index is 0.184. The van der Waals surface area contributed by atoms with Crippen molar-refractivity contribution in [3.8, 4) is 0 Å². The third kappa shape index (κ3) is 4.96. The van der Waals surface area contributed by atoms with Gasteiger partial charge in [-0.15, -0.1) is 0 Å². The van der Waals surface area contributed by atoms with E-state index in [1.807, 2.05) is 0 Å². The van der Waals surface area contributed by atoms with Crippen LogP contribution in [0.15, 0.2) is 36.5 Å². The number of rotatable bonds is 5. The Balaban J connectivity index is 1.96. The molecule has 1 atom stereocenters. The molecular formula is C22H22F4N4O3. The molecule has 0 saturated carbocycles. The summed E-state index contributed by atoms with van der Waals surface area (Å²) in [6, 6.07) is 5.38. The van der Waals surface area contributed by atoms with Crippen LogP contribution in [0.25, 0.3) is 0 Å². The first-order valence-electron chi connectivity index (χ1n) is 9.98. The summed E-state index contributed by atoms with van der Waals surface area (Å²) < 4.78 is 53.1. The Kier molecular flexibility index (Phi) is 6.44. The number of aromatic nitrogens is 1. The molecule has 3 rings (SSSR count). The van der Waals surface area contributed by atoms with Crippen LogP contribution in [0.1, 0.15) is 30.5 Å². The molecule has 1 unspecified atom stereocenters. The van der Waals surface area contributed by atoms with E-state index in [1.165, 1.54) is 43.1 Å². The third-order valence-electron chi connectivity index (χ3n) is 5.41. The van der Waals surface area contributed by atoms with E-state index in [9.17, 15) is 31.9 Å². The Morgan fingerprint density at radius 3 is 2.39 bits per heavy atom. The number of aryl methyl sites for hydroxylation is 1. The van der Waals surface area contributed by atoms with Crippen molar-refractivity contribution in [2.24, 2.45) is 0 Å². The van der Waals surface area contributed by atoms with Gasteiger partial charge in [0.15, 0.2) is 11.6 Å². The summed E-state index contributed by atoms with van der Waals surface area (Å²) in [6.07, 6.45) is -3.16. The predicted molar refractivity (Wildman–Crippen MR) is 110 cm³/mol. The molecule has 7 nitrogen and oxygen atoms in total. The Hall–Kier alpha value is -3.50. The summed E-state index contributed by atoms with van der Waals surface area (Å²) in [5.41, 5.74) is -1.61. The van der Waals surface area contributed by atoms with Crippen molar-refractivity contribution in [1.29, 1.82) is 0 Å². The van der Waals surface area contributed by atoms with Crippen molar-refractivity contribution in [1.82, 2.24) is 15.2 Å². The van der Waals surface area contributed by atoms with Crippen molar-refractivity contribution in [3.63, 3.8) is 0 Å². The highest BCUT2D eigenvalue weighted by Gasteiger charge is 2.50. The van der Waals surface area contributed by atoms with Crippen molar-refractivity contribution in [3.05, 3.63) is 59.0 Å². The van der Waals surface area contributed by atoms with Crippen LogP contribution < -0.4 is 10.2 Å². The van der Waals surface area contributed by atoms with Gasteiger partial charge in [-0.3, -0.25) is 19.3 Å². The van der Waals surface area contributed by atoms with Gasteiger partial charge in [0.05, 0.1) is 5.56 Å². The van der Waals surface area contributed by atoms with Crippen molar-refractivity contribution >= 4 is 23.5 Å². The van der Waals surface area contributed by atoms with Crippen LogP contribution in [-0.4, -0.2) is 46.2 Å². The molecule has 2 heterocycles. The zero-order valence-corrected chi connectivity index (χ0v) is 18.2. The summed E-state index contributed by atoms with van der Waals surface area (Å²) in [7, 11) is 0. The van der Waals surface area contributed by atoms with E-state index in [1.54, 1.807) is 6.92 Å². The number of hydrogen-bond acceptors (Lipinski definition) is 4. The number of halogens is 4. The van der Waals surface area contributed by atoms with E-state index in [0.29, 0.717) is 11.1 Å². The zero-order chi connectivity index (χ0) is 24.6. The first-order chi connectivity index (χ1) is 15.3. The lowest BCUT2D eigenvalue weighted by molar-refractivity contribution is -0.151. The van der Waals surface area contributed by atoms with E-state index >= 15 is 0 Å². The van der Waals surface area contributed by atoms with Gasteiger partial charge in [0.25, 0.3) is 5.91 Å². The molecule has 1 aromatic heterocycles. The Morgan fingerprint density at radius 1 is 1.21 bits per heavy atom. The summed E-state index contributed by atoms with van der Waals surface area (Å²) in [4.78, 5) is 44.1. The second-order valence-electron chi connectivity index (χ2n) is 8.07. The normalized spacial score (nSPS) is 19.1. The molecule has 1 saturated heterocycles. The van der Waals surface area contributed by atoms with Crippen molar-refractivity contribution in [2.75, 3.05) is 18.0 Å². The molecule has 176 valence electrons. The van der Waals surface area contributed by atoms with Gasteiger partial charge in [0, 0.05) is 26.2 Å². The van der Waals surface area contributed by atoms with Crippen molar-refractivity contribution < 1.29 is 31.9 Å². The number of pyridine rings is 1. The topological polar surface area (TPSA) is 82.6 Å².